The summed E-state index contributed by atoms with van der Waals surface area (Å²) in [7, 11) is -1.86. The van der Waals surface area contributed by atoms with Crippen LogP contribution in [-0.4, -0.2) is 25.0 Å². The third-order valence-electron chi connectivity index (χ3n) is 5.25. The van der Waals surface area contributed by atoms with Crippen molar-refractivity contribution in [1.82, 2.24) is 4.98 Å². The topological polar surface area (TPSA) is 66.1 Å². The van der Waals surface area contributed by atoms with E-state index in [1.165, 1.54) is 0 Å². The first-order chi connectivity index (χ1) is 13.2. The molecule has 0 saturated carbocycles. The predicted octanol–water partition coefficient (Wildman–Crippen LogP) is 5.20. The Morgan fingerprint density at radius 3 is 2.50 bits per heavy atom. The molecule has 0 bridgehead atoms. The van der Waals surface area contributed by atoms with Crippen LogP contribution < -0.4 is 0 Å². The standard InChI is InChI=1S/C23H30N2O2Si/c1-23(2,3)28(4,5)27-17-20-13-18(9-11-26)12-19(14-20)15-21(16-24)22-8-6-7-10-25-22/h6-8,10,12-15,26H,9,11,17H2,1-5H3/b21-15-. The van der Waals surface area contributed by atoms with Gasteiger partial charge >= 0.3 is 0 Å². The molecule has 4 nitrogen and oxygen atoms in total. The van der Waals surface area contributed by atoms with Crippen LogP contribution in [0, 0.1) is 11.3 Å². The van der Waals surface area contributed by atoms with Gasteiger partial charge in [0.1, 0.15) is 6.07 Å². The predicted molar refractivity (Wildman–Crippen MR) is 117 cm³/mol. The zero-order valence-corrected chi connectivity index (χ0v) is 18.5. The molecule has 0 aliphatic heterocycles. The molecule has 0 amide bonds. The quantitative estimate of drug-likeness (QED) is 0.517. The van der Waals surface area contributed by atoms with Crippen LogP contribution in [0.25, 0.3) is 11.6 Å². The fourth-order valence-electron chi connectivity index (χ4n) is 2.56. The molecule has 148 valence electrons. The van der Waals surface area contributed by atoms with Crippen molar-refractivity contribution in [3.05, 3.63) is 65.0 Å². The van der Waals surface area contributed by atoms with E-state index in [-0.39, 0.29) is 11.6 Å². The van der Waals surface area contributed by atoms with Crippen molar-refractivity contribution in [2.24, 2.45) is 0 Å². The van der Waals surface area contributed by atoms with E-state index in [4.69, 9.17) is 4.43 Å². The van der Waals surface area contributed by atoms with Crippen molar-refractivity contribution < 1.29 is 9.53 Å². The summed E-state index contributed by atoms with van der Waals surface area (Å²) < 4.78 is 6.36. The first-order valence-electron chi connectivity index (χ1n) is 9.57. The van der Waals surface area contributed by atoms with Crippen molar-refractivity contribution in [2.75, 3.05) is 6.61 Å². The van der Waals surface area contributed by atoms with Crippen molar-refractivity contribution in [3.63, 3.8) is 0 Å². The maximum Gasteiger partial charge on any atom is 0.192 e. The number of aromatic nitrogens is 1. The van der Waals surface area contributed by atoms with Crippen molar-refractivity contribution in [3.8, 4) is 6.07 Å². The SMILES string of the molecule is CC(C)(C)[Si](C)(C)OCc1cc(/C=C(/C#N)c2ccccn2)cc(CCO)c1. The highest BCUT2D eigenvalue weighted by molar-refractivity contribution is 6.74. The Balaban J connectivity index is 2.35. The van der Waals surface area contributed by atoms with E-state index in [2.05, 4.69) is 51.0 Å². The van der Waals surface area contributed by atoms with Gasteiger partial charge in [0.2, 0.25) is 0 Å². The molecule has 2 rings (SSSR count). The average Bonchev–Trinajstić information content (AvgIpc) is 2.64. The van der Waals surface area contributed by atoms with Crippen LogP contribution in [0.5, 0.6) is 0 Å². The second-order valence-electron chi connectivity index (χ2n) is 8.49. The average molecular weight is 395 g/mol. The molecule has 0 radical (unpaired) electrons. The molecule has 0 aliphatic rings. The van der Waals surface area contributed by atoms with Crippen molar-refractivity contribution >= 4 is 20.0 Å². The number of hydrogen-bond donors (Lipinski definition) is 1. The van der Waals surface area contributed by atoms with Crippen LogP contribution in [0.4, 0.5) is 0 Å². The zero-order chi connectivity index (χ0) is 20.8. The van der Waals surface area contributed by atoms with Gasteiger partial charge in [-0.2, -0.15) is 5.26 Å². The lowest BCUT2D eigenvalue weighted by atomic mass is 10.0. The molecule has 0 atom stereocenters. The molecule has 1 N–H and O–H groups in total. The Morgan fingerprint density at radius 2 is 1.93 bits per heavy atom. The van der Waals surface area contributed by atoms with E-state index in [1.807, 2.05) is 36.4 Å². The maximum atomic E-state index is 9.56. The van der Waals surface area contributed by atoms with E-state index < -0.39 is 8.32 Å². The van der Waals surface area contributed by atoms with Gasteiger partial charge in [-0.1, -0.05) is 39.0 Å². The van der Waals surface area contributed by atoms with Crippen LogP contribution >= 0.6 is 0 Å². The molecule has 0 spiro atoms. The number of allylic oxidation sites excluding steroid dienone is 1. The summed E-state index contributed by atoms with van der Waals surface area (Å²) in [5.41, 5.74) is 4.17. The smallest absolute Gasteiger partial charge is 0.192 e. The number of pyridine rings is 1. The van der Waals surface area contributed by atoms with E-state index >= 15 is 0 Å². The van der Waals surface area contributed by atoms with Crippen LogP contribution in [-0.2, 0) is 17.5 Å². The van der Waals surface area contributed by atoms with Gasteiger partial charge in [-0.3, -0.25) is 4.98 Å². The van der Waals surface area contributed by atoms with Crippen LogP contribution in [0.15, 0.2) is 42.6 Å². The van der Waals surface area contributed by atoms with Gasteiger partial charge in [-0.05, 0) is 65.5 Å². The van der Waals surface area contributed by atoms with E-state index in [0.29, 0.717) is 24.3 Å². The molecule has 28 heavy (non-hydrogen) atoms. The van der Waals surface area contributed by atoms with Gasteiger partial charge in [-0.25, -0.2) is 0 Å². The van der Waals surface area contributed by atoms with Gasteiger partial charge in [0.05, 0.1) is 17.9 Å². The molecular formula is C23H30N2O2Si. The Kier molecular flexibility index (Phi) is 7.31. The Labute approximate surface area is 169 Å². The second kappa shape index (κ2) is 9.29. The highest BCUT2D eigenvalue weighted by Crippen LogP contribution is 2.37. The zero-order valence-electron chi connectivity index (χ0n) is 17.5. The lowest BCUT2D eigenvalue weighted by molar-refractivity contribution is 0.276. The van der Waals surface area contributed by atoms with E-state index in [0.717, 1.165) is 16.7 Å². The second-order valence-corrected chi connectivity index (χ2v) is 13.3. The van der Waals surface area contributed by atoms with Crippen molar-refractivity contribution in [1.29, 1.82) is 5.26 Å². The first kappa shape index (κ1) is 22.0. The third kappa shape index (κ3) is 5.87. The van der Waals surface area contributed by atoms with Crippen LogP contribution in [0.2, 0.25) is 18.1 Å². The molecule has 1 aromatic heterocycles. The van der Waals surface area contributed by atoms with Crippen molar-refractivity contribution in [2.45, 2.75) is 51.9 Å². The summed E-state index contributed by atoms with van der Waals surface area (Å²) in [4.78, 5) is 4.27. The highest BCUT2D eigenvalue weighted by Gasteiger charge is 2.37. The Hall–Kier alpha value is -2.26. The summed E-state index contributed by atoms with van der Waals surface area (Å²) in [5.74, 6) is 0. The lowest BCUT2D eigenvalue weighted by Gasteiger charge is -2.36. The molecule has 1 aromatic carbocycles. The largest absolute Gasteiger partial charge is 0.413 e. The minimum atomic E-state index is -1.86. The highest BCUT2D eigenvalue weighted by atomic mass is 28.4. The minimum Gasteiger partial charge on any atom is -0.413 e. The van der Waals surface area contributed by atoms with Gasteiger partial charge in [0, 0.05) is 12.8 Å². The minimum absolute atomic E-state index is 0.0844. The fraction of sp³-hybridized carbons (Fsp3) is 0.391. The monoisotopic (exact) mass is 394 g/mol. The summed E-state index contributed by atoms with van der Waals surface area (Å²) in [6.45, 7) is 11.8. The molecular weight excluding hydrogens is 364 g/mol. The number of hydrogen-bond acceptors (Lipinski definition) is 4. The Bertz CT molecular complexity index is 862. The van der Waals surface area contributed by atoms with Gasteiger partial charge < -0.3 is 9.53 Å². The molecule has 1 heterocycles. The molecule has 0 unspecified atom stereocenters. The van der Waals surface area contributed by atoms with E-state index in [9.17, 15) is 10.4 Å². The molecule has 2 aromatic rings. The summed E-state index contributed by atoms with van der Waals surface area (Å²) in [5, 5.41) is 19.1. The van der Waals surface area contributed by atoms with Crippen LogP contribution in [0.3, 0.4) is 0 Å². The lowest BCUT2D eigenvalue weighted by Crippen LogP contribution is -2.40. The number of aliphatic hydroxyl groups excluding tert-OH is 1. The van der Waals surface area contributed by atoms with Gasteiger partial charge in [0.15, 0.2) is 8.32 Å². The number of nitrogens with zero attached hydrogens (tertiary/aromatic N) is 2. The number of nitriles is 1. The van der Waals surface area contributed by atoms with E-state index in [1.54, 1.807) is 6.20 Å². The number of benzene rings is 1. The van der Waals surface area contributed by atoms with Gasteiger partial charge in [0.25, 0.3) is 0 Å². The Morgan fingerprint density at radius 1 is 1.21 bits per heavy atom. The third-order valence-corrected chi connectivity index (χ3v) is 9.73. The first-order valence-corrected chi connectivity index (χ1v) is 12.5. The normalized spacial score (nSPS) is 12.7. The van der Waals surface area contributed by atoms with Crippen LogP contribution in [0.1, 0.15) is 43.2 Å². The summed E-state index contributed by atoms with van der Waals surface area (Å²) >= 11 is 0. The molecule has 0 fully saturated rings. The van der Waals surface area contributed by atoms with Gasteiger partial charge in [-0.15, -0.1) is 0 Å². The molecule has 0 aliphatic carbocycles. The maximum absolute atomic E-state index is 9.56. The number of rotatable bonds is 7. The summed E-state index contributed by atoms with van der Waals surface area (Å²) in [6.07, 6.45) is 4.10. The fourth-order valence-corrected chi connectivity index (χ4v) is 3.52. The number of aliphatic hydroxyl groups is 1. The molecule has 5 heteroatoms. The summed E-state index contributed by atoms with van der Waals surface area (Å²) in [6, 6.07) is 13.9. The molecule has 0 saturated heterocycles.